The number of hydrogen-bond donors (Lipinski definition) is 1. The molecule has 1 heterocycles. The summed E-state index contributed by atoms with van der Waals surface area (Å²) < 4.78 is 13.3. The van der Waals surface area contributed by atoms with E-state index < -0.39 is 0 Å². The van der Waals surface area contributed by atoms with Gasteiger partial charge in [0, 0.05) is 38.8 Å². The molecule has 0 spiro atoms. The van der Waals surface area contributed by atoms with Crippen molar-refractivity contribution in [2.75, 3.05) is 37.6 Å². The third-order valence-corrected chi connectivity index (χ3v) is 6.56. The molecule has 0 radical (unpaired) electrons. The molecular weight excluding hydrogens is 393 g/mol. The zero-order chi connectivity index (χ0) is 21.6. The first-order valence-electron chi connectivity index (χ1n) is 11.4. The second-order valence-corrected chi connectivity index (χ2v) is 8.69. The Morgan fingerprint density at radius 3 is 2.32 bits per heavy atom. The summed E-state index contributed by atoms with van der Waals surface area (Å²) in [6, 6.07) is 14.2. The van der Waals surface area contributed by atoms with Gasteiger partial charge in [0.15, 0.2) is 0 Å². The summed E-state index contributed by atoms with van der Waals surface area (Å²) in [5.74, 6) is 0.212. The number of carbonyl (C=O) groups is 1. The minimum Gasteiger partial charge on any atom is -0.506 e. The van der Waals surface area contributed by atoms with Crippen molar-refractivity contribution in [2.24, 2.45) is 0 Å². The number of phenolic OH excluding ortho intramolecular Hbond substituents is 1. The molecule has 1 aliphatic carbocycles. The first-order chi connectivity index (χ1) is 15.1. The summed E-state index contributed by atoms with van der Waals surface area (Å²) in [6.07, 6.45) is 5.67. The van der Waals surface area contributed by atoms with E-state index in [1.807, 2.05) is 23.1 Å². The van der Waals surface area contributed by atoms with Crippen molar-refractivity contribution >= 4 is 11.6 Å². The Kier molecular flexibility index (Phi) is 7.07. The van der Waals surface area contributed by atoms with Gasteiger partial charge < -0.3 is 14.9 Å². The largest absolute Gasteiger partial charge is 0.506 e. The summed E-state index contributed by atoms with van der Waals surface area (Å²) in [7, 11) is 0. The lowest BCUT2D eigenvalue weighted by atomic mass is 9.93. The van der Waals surface area contributed by atoms with Crippen LogP contribution in [0.1, 0.15) is 37.7 Å². The van der Waals surface area contributed by atoms with Crippen LogP contribution in [0.25, 0.3) is 0 Å². The van der Waals surface area contributed by atoms with E-state index in [9.17, 15) is 14.3 Å². The van der Waals surface area contributed by atoms with E-state index in [0.717, 1.165) is 63.1 Å². The minimum atomic E-state index is -0.249. The topological polar surface area (TPSA) is 47.0 Å². The highest BCUT2D eigenvalue weighted by atomic mass is 19.1. The molecule has 0 bridgehead atoms. The lowest BCUT2D eigenvalue weighted by molar-refractivity contribution is -0.136. The number of piperazine rings is 1. The van der Waals surface area contributed by atoms with Gasteiger partial charge in [-0.1, -0.05) is 43.5 Å². The zero-order valence-electron chi connectivity index (χ0n) is 18.0. The van der Waals surface area contributed by atoms with Gasteiger partial charge in [-0.05, 0) is 42.7 Å². The smallest absolute Gasteiger partial charge is 0.237 e. The lowest BCUT2D eigenvalue weighted by Crippen LogP contribution is -2.51. The van der Waals surface area contributed by atoms with Gasteiger partial charge in [0.2, 0.25) is 5.91 Å². The lowest BCUT2D eigenvalue weighted by Gasteiger charge is -2.39. The van der Waals surface area contributed by atoms with Gasteiger partial charge in [0.05, 0.1) is 12.2 Å². The molecule has 1 saturated carbocycles. The van der Waals surface area contributed by atoms with Gasteiger partial charge in [0.25, 0.3) is 0 Å². The van der Waals surface area contributed by atoms with E-state index in [1.54, 1.807) is 18.2 Å². The first kappa shape index (κ1) is 21.6. The highest BCUT2D eigenvalue weighted by Gasteiger charge is 2.28. The van der Waals surface area contributed by atoms with Crippen LogP contribution in [0.4, 0.5) is 10.1 Å². The number of para-hydroxylation sites is 2. The molecule has 1 aliphatic heterocycles. The highest BCUT2D eigenvalue weighted by Crippen LogP contribution is 2.28. The summed E-state index contributed by atoms with van der Waals surface area (Å²) in [5.41, 5.74) is 1.83. The van der Waals surface area contributed by atoms with Crippen molar-refractivity contribution < 1.29 is 14.3 Å². The minimum absolute atomic E-state index is 0.159. The Morgan fingerprint density at radius 2 is 1.65 bits per heavy atom. The van der Waals surface area contributed by atoms with Crippen LogP contribution in [-0.4, -0.2) is 59.6 Å². The number of rotatable bonds is 6. The molecule has 166 valence electrons. The molecule has 0 atom stereocenters. The van der Waals surface area contributed by atoms with E-state index in [2.05, 4.69) is 9.80 Å². The quantitative estimate of drug-likeness (QED) is 0.760. The summed E-state index contributed by atoms with van der Waals surface area (Å²) in [4.78, 5) is 19.8. The molecule has 2 aliphatic rings. The number of anilines is 1. The summed E-state index contributed by atoms with van der Waals surface area (Å²) in [5, 5.41) is 10.1. The monoisotopic (exact) mass is 425 g/mol. The maximum Gasteiger partial charge on any atom is 0.237 e. The SMILES string of the molecule is O=C(CN1CCN(c2ccccc2O)CC1)N(Cc1ccc(F)cc1)C1CCCCC1. The molecule has 2 fully saturated rings. The maximum atomic E-state index is 13.3. The molecule has 1 N–H and O–H groups in total. The number of carbonyl (C=O) groups excluding carboxylic acids is 1. The van der Waals surface area contributed by atoms with Gasteiger partial charge in [-0.2, -0.15) is 0 Å². The fourth-order valence-electron chi connectivity index (χ4n) is 4.76. The number of hydrogen-bond acceptors (Lipinski definition) is 4. The van der Waals surface area contributed by atoms with Crippen LogP contribution in [0.15, 0.2) is 48.5 Å². The average Bonchev–Trinajstić information content (AvgIpc) is 2.80. The van der Waals surface area contributed by atoms with Crippen molar-refractivity contribution in [1.29, 1.82) is 0 Å². The number of nitrogens with zero attached hydrogens (tertiary/aromatic N) is 3. The van der Waals surface area contributed by atoms with Crippen molar-refractivity contribution in [3.8, 4) is 5.75 Å². The van der Waals surface area contributed by atoms with Crippen LogP contribution in [-0.2, 0) is 11.3 Å². The molecule has 1 saturated heterocycles. The van der Waals surface area contributed by atoms with Gasteiger partial charge in [-0.3, -0.25) is 9.69 Å². The van der Waals surface area contributed by atoms with E-state index in [4.69, 9.17) is 0 Å². The predicted molar refractivity (Wildman–Crippen MR) is 121 cm³/mol. The molecule has 0 unspecified atom stereocenters. The molecule has 0 aromatic heterocycles. The average molecular weight is 426 g/mol. The maximum absolute atomic E-state index is 13.3. The molecule has 4 rings (SSSR count). The molecule has 31 heavy (non-hydrogen) atoms. The van der Waals surface area contributed by atoms with E-state index >= 15 is 0 Å². The van der Waals surface area contributed by atoms with Crippen molar-refractivity contribution in [3.63, 3.8) is 0 Å². The molecule has 6 heteroatoms. The van der Waals surface area contributed by atoms with Crippen molar-refractivity contribution in [3.05, 3.63) is 59.9 Å². The summed E-state index contributed by atoms with van der Waals surface area (Å²) in [6.45, 7) is 4.09. The van der Waals surface area contributed by atoms with Gasteiger partial charge >= 0.3 is 0 Å². The molecule has 1 amide bonds. The third-order valence-electron chi connectivity index (χ3n) is 6.56. The summed E-state index contributed by atoms with van der Waals surface area (Å²) >= 11 is 0. The van der Waals surface area contributed by atoms with Gasteiger partial charge in [-0.15, -0.1) is 0 Å². The molecule has 2 aromatic rings. The number of amides is 1. The van der Waals surface area contributed by atoms with Gasteiger partial charge in [0.1, 0.15) is 11.6 Å². The molecule has 2 aromatic carbocycles. The Hall–Kier alpha value is -2.60. The fraction of sp³-hybridized carbons (Fsp3) is 0.480. The van der Waals surface area contributed by atoms with E-state index in [0.29, 0.717) is 18.8 Å². The van der Waals surface area contributed by atoms with E-state index in [1.165, 1.54) is 18.6 Å². The van der Waals surface area contributed by atoms with Crippen molar-refractivity contribution in [2.45, 2.75) is 44.7 Å². The van der Waals surface area contributed by atoms with Gasteiger partial charge in [-0.25, -0.2) is 4.39 Å². The van der Waals surface area contributed by atoms with Crippen LogP contribution in [0.2, 0.25) is 0 Å². The van der Waals surface area contributed by atoms with Crippen LogP contribution < -0.4 is 4.90 Å². The van der Waals surface area contributed by atoms with Crippen molar-refractivity contribution in [1.82, 2.24) is 9.80 Å². The Bertz CT molecular complexity index is 859. The van der Waals surface area contributed by atoms with E-state index in [-0.39, 0.29) is 17.8 Å². The zero-order valence-corrected chi connectivity index (χ0v) is 18.0. The molecular formula is C25H32FN3O2. The Balaban J connectivity index is 1.38. The highest BCUT2D eigenvalue weighted by molar-refractivity contribution is 5.78. The number of aromatic hydroxyl groups is 1. The van der Waals surface area contributed by atoms with Crippen LogP contribution >= 0.6 is 0 Å². The number of halogens is 1. The normalized spacial score (nSPS) is 18.2. The van der Waals surface area contributed by atoms with Crippen LogP contribution in [0.5, 0.6) is 5.75 Å². The molecule has 5 nitrogen and oxygen atoms in total. The fourth-order valence-corrected chi connectivity index (χ4v) is 4.76. The second kappa shape index (κ2) is 10.1. The van der Waals surface area contributed by atoms with Crippen LogP contribution in [0.3, 0.4) is 0 Å². The number of benzene rings is 2. The Labute approximate surface area is 184 Å². The number of phenols is 1. The predicted octanol–water partition coefficient (Wildman–Crippen LogP) is 4.01. The first-order valence-corrected chi connectivity index (χ1v) is 11.4. The van der Waals surface area contributed by atoms with Crippen LogP contribution in [0, 0.1) is 5.82 Å². The standard InChI is InChI=1S/C25H32FN3O2/c26-21-12-10-20(11-13-21)18-29(22-6-2-1-3-7-22)25(31)19-27-14-16-28(17-15-27)23-8-4-5-9-24(23)30/h4-5,8-13,22,30H,1-3,6-7,14-19H2. The second-order valence-electron chi connectivity index (χ2n) is 8.69. The third kappa shape index (κ3) is 5.56. The Morgan fingerprint density at radius 1 is 0.968 bits per heavy atom.